The van der Waals surface area contributed by atoms with Crippen LogP contribution in [0.5, 0.6) is 0 Å². The summed E-state index contributed by atoms with van der Waals surface area (Å²) in [5, 5.41) is 3.74. The van der Waals surface area contributed by atoms with Gasteiger partial charge in [0, 0.05) is 42.3 Å². The number of hydrogen-bond donors (Lipinski definition) is 1. The first-order chi connectivity index (χ1) is 8.72. The zero-order chi connectivity index (χ0) is 12.6. The van der Waals surface area contributed by atoms with Gasteiger partial charge in [-0.15, -0.1) is 11.3 Å². The van der Waals surface area contributed by atoms with E-state index in [1.807, 2.05) is 11.7 Å². The molecule has 1 aromatic heterocycles. The predicted molar refractivity (Wildman–Crippen MR) is 75.7 cm³/mol. The summed E-state index contributed by atoms with van der Waals surface area (Å²) >= 11 is 1.79. The van der Waals surface area contributed by atoms with Gasteiger partial charge in [-0.25, -0.2) is 0 Å². The maximum atomic E-state index is 4.21. The Bertz CT molecular complexity index is 388. The van der Waals surface area contributed by atoms with Crippen LogP contribution in [0.3, 0.4) is 0 Å². The van der Waals surface area contributed by atoms with E-state index in [1.54, 1.807) is 11.3 Å². The summed E-state index contributed by atoms with van der Waals surface area (Å²) in [5.41, 5.74) is 2.30. The number of nitrogens with one attached hydrogen (secondary N) is 1. The van der Waals surface area contributed by atoms with Gasteiger partial charge < -0.3 is 5.32 Å². The third kappa shape index (κ3) is 2.33. The quantitative estimate of drug-likeness (QED) is 0.906. The van der Waals surface area contributed by atoms with Crippen molar-refractivity contribution in [3.8, 4) is 0 Å². The molecule has 3 nitrogen and oxygen atoms in total. The minimum atomic E-state index is 0.357. The van der Waals surface area contributed by atoms with E-state index in [4.69, 9.17) is 0 Å². The second-order valence-corrected chi connectivity index (χ2v) is 6.94. The summed E-state index contributed by atoms with van der Waals surface area (Å²) < 4.78 is 0. The third-order valence-electron chi connectivity index (χ3n) is 4.69. The molecule has 1 N–H and O–H groups in total. The highest BCUT2D eigenvalue weighted by Gasteiger charge is 2.47. The predicted octanol–water partition coefficient (Wildman–Crippen LogP) is 2.50. The van der Waals surface area contributed by atoms with Gasteiger partial charge >= 0.3 is 0 Å². The maximum absolute atomic E-state index is 4.21. The molecule has 1 aliphatic heterocycles. The lowest BCUT2D eigenvalue weighted by Crippen LogP contribution is -2.63. The molecule has 0 radical (unpaired) electrons. The van der Waals surface area contributed by atoms with Crippen LogP contribution in [0, 0.1) is 5.92 Å². The lowest BCUT2D eigenvalue weighted by molar-refractivity contribution is 0.0278. The van der Waals surface area contributed by atoms with Gasteiger partial charge in [-0.2, -0.15) is 0 Å². The average molecular weight is 265 g/mol. The Balaban J connectivity index is 1.76. The van der Waals surface area contributed by atoms with Gasteiger partial charge in [0.15, 0.2) is 0 Å². The first-order valence-corrected chi connectivity index (χ1v) is 7.96. The van der Waals surface area contributed by atoms with Crippen molar-refractivity contribution in [3.05, 3.63) is 16.6 Å². The van der Waals surface area contributed by atoms with Crippen LogP contribution in [0.2, 0.25) is 0 Å². The summed E-state index contributed by atoms with van der Waals surface area (Å²) in [6.45, 7) is 8.14. The van der Waals surface area contributed by atoms with Gasteiger partial charge in [0.2, 0.25) is 0 Å². The van der Waals surface area contributed by atoms with E-state index in [1.165, 1.54) is 30.7 Å². The molecule has 2 unspecified atom stereocenters. The second-order valence-electron chi connectivity index (χ2n) is 5.97. The molecule has 1 aliphatic carbocycles. The summed E-state index contributed by atoms with van der Waals surface area (Å²) in [6, 6.07) is 0.657. The van der Waals surface area contributed by atoms with Crippen LogP contribution in [0.1, 0.15) is 38.0 Å². The molecular formula is C14H23N3S. The monoisotopic (exact) mass is 265 g/mol. The molecule has 2 heterocycles. The van der Waals surface area contributed by atoms with Gasteiger partial charge in [0.1, 0.15) is 0 Å². The topological polar surface area (TPSA) is 28.2 Å². The highest BCUT2D eigenvalue weighted by atomic mass is 32.1. The lowest BCUT2D eigenvalue weighted by Gasteiger charge is -2.48. The van der Waals surface area contributed by atoms with E-state index in [0.717, 1.165) is 19.0 Å². The number of thiazole rings is 1. The van der Waals surface area contributed by atoms with Gasteiger partial charge in [0.05, 0.1) is 5.51 Å². The molecule has 100 valence electrons. The lowest BCUT2D eigenvalue weighted by atomic mass is 9.89. The first kappa shape index (κ1) is 12.6. The molecule has 2 fully saturated rings. The summed E-state index contributed by atoms with van der Waals surface area (Å²) in [5.74, 6) is 0.899. The summed E-state index contributed by atoms with van der Waals surface area (Å²) in [4.78, 5) is 8.32. The number of piperazine rings is 1. The molecule has 1 saturated heterocycles. The summed E-state index contributed by atoms with van der Waals surface area (Å²) in [7, 11) is 0. The number of nitrogens with zero attached hydrogens (tertiary/aromatic N) is 2. The van der Waals surface area contributed by atoms with Crippen LogP contribution in [-0.4, -0.2) is 34.6 Å². The maximum Gasteiger partial charge on any atom is 0.0794 e. The fourth-order valence-corrected chi connectivity index (χ4v) is 3.75. The molecule has 0 spiro atoms. The van der Waals surface area contributed by atoms with Crippen molar-refractivity contribution in [1.82, 2.24) is 15.2 Å². The van der Waals surface area contributed by atoms with Crippen LogP contribution in [0.25, 0.3) is 0 Å². The van der Waals surface area contributed by atoms with Crippen LogP contribution in [0.15, 0.2) is 11.7 Å². The molecule has 1 aromatic rings. The molecule has 3 rings (SSSR count). The zero-order valence-corrected chi connectivity index (χ0v) is 12.2. The molecule has 2 atom stereocenters. The number of hydrogen-bond acceptors (Lipinski definition) is 4. The number of rotatable bonds is 4. The average Bonchev–Trinajstić information content (AvgIpc) is 3.12. The second kappa shape index (κ2) is 4.91. The number of aromatic nitrogens is 1. The van der Waals surface area contributed by atoms with Crippen LogP contribution in [-0.2, 0) is 6.54 Å². The standard InChI is InChI=1S/C14H23N3S/c1-3-12-7-17(8-13-6-15-10-18-13)14(2,9-16-12)11-4-5-11/h6,10-12,16H,3-5,7-9H2,1-2H3. The van der Waals surface area contributed by atoms with Crippen LogP contribution in [0.4, 0.5) is 0 Å². The zero-order valence-electron chi connectivity index (χ0n) is 11.4. The first-order valence-electron chi connectivity index (χ1n) is 7.08. The smallest absolute Gasteiger partial charge is 0.0794 e. The molecule has 0 amide bonds. The van der Waals surface area contributed by atoms with Crippen molar-refractivity contribution >= 4 is 11.3 Å². The summed E-state index contributed by atoms with van der Waals surface area (Å²) in [6.07, 6.45) is 6.07. The molecule has 0 bridgehead atoms. The minimum absolute atomic E-state index is 0.357. The van der Waals surface area contributed by atoms with Crippen molar-refractivity contribution < 1.29 is 0 Å². The van der Waals surface area contributed by atoms with Crippen LogP contribution < -0.4 is 5.32 Å². The van der Waals surface area contributed by atoms with Crippen molar-refractivity contribution in [2.75, 3.05) is 13.1 Å². The molecule has 2 aliphatic rings. The van der Waals surface area contributed by atoms with Crippen LogP contribution >= 0.6 is 11.3 Å². The highest BCUT2D eigenvalue weighted by Crippen LogP contribution is 2.44. The molecular weight excluding hydrogens is 242 g/mol. The minimum Gasteiger partial charge on any atom is -0.311 e. The van der Waals surface area contributed by atoms with Crippen molar-refractivity contribution in [3.63, 3.8) is 0 Å². The van der Waals surface area contributed by atoms with Gasteiger partial charge in [-0.3, -0.25) is 9.88 Å². The SMILES string of the molecule is CCC1CN(Cc2cncs2)C(C)(C2CC2)CN1. The third-order valence-corrected chi connectivity index (χ3v) is 5.46. The van der Waals surface area contributed by atoms with E-state index < -0.39 is 0 Å². The van der Waals surface area contributed by atoms with E-state index in [-0.39, 0.29) is 0 Å². The van der Waals surface area contributed by atoms with Gasteiger partial charge in [-0.1, -0.05) is 6.92 Å². The van der Waals surface area contributed by atoms with Crippen molar-refractivity contribution in [2.45, 2.75) is 51.2 Å². The van der Waals surface area contributed by atoms with E-state index in [0.29, 0.717) is 11.6 Å². The van der Waals surface area contributed by atoms with Crippen molar-refractivity contribution in [2.24, 2.45) is 5.92 Å². The van der Waals surface area contributed by atoms with E-state index in [2.05, 4.69) is 29.0 Å². The molecule has 1 saturated carbocycles. The van der Waals surface area contributed by atoms with Gasteiger partial charge in [0.25, 0.3) is 0 Å². The fraction of sp³-hybridized carbons (Fsp3) is 0.786. The van der Waals surface area contributed by atoms with Crippen molar-refractivity contribution in [1.29, 1.82) is 0 Å². The Morgan fingerprint density at radius 2 is 2.39 bits per heavy atom. The Hall–Kier alpha value is -0.450. The Morgan fingerprint density at radius 3 is 3.00 bits per heavy atom. The molecule has 18 heavy (non-hydrogen) atoms. The normalized spacial score (nSPS) is 33.8. The Kier molecular flexibility index (Phi) is 3.43. The molecule has 0 aromatic carbocycles. The largest absolute Gasteiger partial charge is 0.311 e. The molecule has 4 heteroatoms. The van der Waals surface area contributed by atoms with Gasteiger partial charge in [-0.05, 0) is 32.1 Å². The fourth-order valence-electron chi connectivity index (χ4n) is 3.14. The Morgan fingerprint density at radius 1 is 1.56 bits per heavy atom. The Labute approximate surface area is 114 Å². The highest BCUT2D eigenvalue weighted by molar-refractivity contribution is 7.09. The van der Waals surface area contributed by atoms with E-state index >= 15 is 0 Å². The van der Waals surface area contributed by atoms with E-state index in [9.17, 15) is 0 Å².